The zero-order chi connectivity index (χ0) is 86.8. The van der Waals surface area contributed by atoms with Gasteiger partial charge in [-0.05, 0) is 173 Å². The Morgan fingerprint density at radius 2 is 0.624 bits per heavy atom. The molecule has 0 aliphatic heterocycles. The van der Waals surface area contributed by atoms with Crippen molar-refractivity contribution >= 4 is 0 Å². The Bertz CT molecular complexity index is 5550. The van der Waals surface area contributed by atoms with Crippen LogP contribution in [0.1, 0.15) is 211 Å². The van der Waals surface area contributed by atoms with Crippen molar-refractivity contribution in [2.24, 2.45) is 47.1 Å². The van der Waals surface area contributed by atoms with Gasteiger partial charge in [-0.3, -0.25) is 0 Å². The lowest BCUT2D eigenvalue weighted by Crippen LogP contribution is -2.33. The highest BCUT2D eigenvalue weighted by Gasteiger charge is 2.30. The average Bonchev–Trinajstić information content (AvgIpc) is 0.993. The van der Waals surface area contributed by atoms with Crippen molar-refractivity contribution in [2.75, 3.05) is 0 Å². The summed E-state index contributed by atoms with van der Waals surface area (Å²) in [5, 5.41) is 0. The fourth-order valence-electron chi connectivity index (χ4n) is 16.3. The zero-order valence-electron chi connectivity index (χ0n) is 78.1. The second kappa shape index (κ2) is 37.8. The predicted molar refractivity (Wildman–Crippen MR) is 446 cm³/mol. The van der Waals surface area contributed by atoms with Gasteiger partial charge in [0.2, 0.25) is 0 Å². The Hall–Kier alpha value is -10.1. The number of aromatic nitrogens is 10. The summed E-state index contributed by atoms with van der Waals surface area (Å²) in [6.45, 7) is 7.25. The summed E-state index contributed by atoms with van der Waals surface area (Å²) in [6, 6.07) is 51.7. The van der Waals surface area contributed by atoms with Gasteiger partial charge in [-0.2, -0.15) is 0 Å². The van der Waals surface area contributed by atoms with E-state index in [9.17, 15) is 0 Å². The normalized spacial score (nSPS) is 17.3. The van der Waals surface area contributed by atoms with E-state index in [1.807, 2.05) is 156 Å². The lowest BCUT2D eigenvalue weighted by atomic mass is 9.82. The van der Waals surface area contributed by atoms with E-state index in [1.54, 1.807) is 54.3 Å². The molecule has 10 heteroatoms. The van der Waals surface area contributed by atoms with Gasteiger partial charge in [-0.1, -0.05) is 278 Å². The maximum Gasteiger partial charge on any atom is 0.286 e. The fourth-order valence-corrected chi connectivity index (χ4v) is 16.3. The van der Waals surface area contributed by atoms with Crippen LogP contribution in [-0.4, -0.2) is 24.9 Å². The number of aryl methyl sites for hydroxylation is 13. The first kappa shape index (κ1) is 63.8. The number of hydrogen-bond acceptors (Lipinski definition) is 5. The number of benzene rings is 7. The molecule has 109 heavy (non-hydrogen) atoms. The van der Waals surface area contributed by atoms with Gasteiger partial charge < -0.3 is 0 Å². The van der Waals surface area contributed by atoms with Gasteiger partial charge in [0.1, 0.15) is 53.3 Å². The summed E-state index contributed by atoms with van der Waals surface area (Å²) >= 11 is 0. The van der Waals surface area contributed by atoms with Gasteiger partial charge in [-0.15, -0.1) is 0 Å². The highest BCUT2D eigenvalue weighted by molar-refractivity contribution is 5.85. The van der Waals surface area contributed by atoms with E-state index in [-0.39, 0.29) is 28.5 Å². The molecule has 5 heterocycles. The van der Waals surface area contributed by atoms with Crippen molar-refractivity contribution in [3.63, 3.8) is 0 Å². The summed E-state index contributed by atoms with van der Waals surface area (Å²) < 4.78 is 113. The molecule has 560 valence electrons. The second-order valence-electron chi connectivity index (χ2n) is 30.3. The first-order valence-electron chi connectivity index (χ1n) is 45.4. The number of hydrogen-bond donors (Lipinski definition) is 0. The molecule has 4 saturated carbocycles. The molecule has 4 aliphatic carbocycles. The van der Waals surface area contributed by atoms with Crippen LogP contribution in [0.2, 0.25) is 0 Å². The highest BCUT2D eigenvalue weighted by Crippen LogP contribution is 2.42. The lowest BCUT2D eigenvalue weighted by molar-refractivity contribution is -0.664. The molecule has 0 N–H and O–H groups in total. The molecule has 4 fully saturated rings. The molecule has 0 radical (unpaired) electrons. The zero-order valence-corrected chi connectivity index (χ0v) is 66.1. The van der Waals surface area contributed by atoms with Crippen LogP contribution >= 0.6 is 0 Å². The Morgan fingerprint density at radius 1 is 0.321 bits per heavy atom. The molecule has 0 unspecified atom stereocenters. The molecular weight excluding hydrogens is 1330 g/mol. The average molecular weight is 1460 g/mol. The van der Waals surface area contributed by atoms with Crippen molar-refractivity contribution in [1.29, 1.82) is 0 Å². The first-order chi connectivity index (χ1) is 57.6. The standard InChI is InChI=1S/C27H27N2.C19H25N2.2C18H23N2.C17H21N2/c1-18-10-12-22(13-11-18)23-14-20(3)26(21(4)15-23)25-16-28-17-29(5)27(25)24-9-7-6-8-19(24)2;1-15-8-6-7-11-18(15)19-17(13-20-14-21(19)2)12-16-9-4-3-5-10-16;1-14-7-3-6-10-17(14)18-16(12-19-13-20(18)2)11-15-8-4-5-9-15;1-14-8-6-7-11-16(14)18-17(12-19-13-20(18)2)15-9-4-3-5-10-15;1-13-7-3-6-10-15(13)17-16(11-18-12-19(17)2)14-8-4-5-9-14/h6-17H,1-5H3;6-8,11,13-14,16H,3-5,9-10,12H2,1-2H3;3,6-7,10,12-13,15H,4-5,8-9,11H2,1-2H3;6-8,11-13,15H,3-5,9-10H2,1-2H3;3,6-7,10-12,14H,4-5,8-9H2,1-2H3/q5*+1/i3D3,4D3;12D2;11D2;15D;14D. The summed E-state index contributed by atoms with van der Waals surface area (Å²) in [5.74, 6) is -0.770. The van der Waals surface area contributed by atoms with Crippen LogP contribution in [-0.2, 0) is 48.0 Å². The Balaban J connectivity index is 0.000000141. The molecule has 16 rings (SSSR count). The minimum Gasteiger partial charge on any atom is -0.232 e. The molecule has 0 bridgehead atoms. The van der Waals surface area contributed by atoms with E-state index in [2.05, 4.69) is 135 Å². The van der Waals surface area contributed by atoms with E-state index in [0.29, 0.717) is 16.8 Å². The predicted octanol–water partition coefficient (Wildman–Crippen LogP) is 21.2. The smallest absolute Gasteiger partial charge is 0.232 e. The molecule has 4 aliphatic rings. The monoisotopic (exact) mass is 1460 g/mol. The molecule has 0 amide bonds. The van der Waals surface area contributed by atoms with Crippen LogP contribution in [0.5, 0.6) is 0 Å². The molecule has 10 nitrogen and oxygen atoms in total. The molecule has 0 atom stereocenters. The van der Waals surface area contributed by atoms with Crippen LogP contribution in [0.3, 0.4) is 0 Å². The van der Waals surface area contributed by atoms with Crippen LogP contribution in [0.15, 0.2) is 220 Å². The van der Waals surface area contributed by atoms with Crippen molar-refractivity contribution in [3.05, 3.63) is 287 Å². The van der Waals surface area contributed by atoms with Gasteiger partial charge in [0.15, 0.2) is 6.20 Å². The van der Waals surface area contributed by atoms with Crippen LogP contribution < -0.4 is 22.8 Å². The summed E-state index contributed by atoms with van der Waals surface area (Å²) in [7, 11) is 9.78. The first-order valence-corrected chi connectivity index (χ1v) is 39.4. The number of nitrogens with zero attached hydrogens (tertiary/aromatic N) is 10. The highest BCUT2D eigenvalue weighted by atomic mass is 15.0. The third kappa shape index (κ3) is 19.5. The minimum atomic E-state index is -2.55. The van der Waals surface area contributed by atoms with Crippen molar-refractivity contribution in [3.8, 4) is 78.5 Å². The van der Waals surface area contributed by atoms with E-state index in [0.717, 1.165) is 192 Å². The Labute approximate surface area is 669 Å². The molecule has 0 spiro atoms. The fraction of sp³-hybridized carbons (Fsp3) is 0.374. The van der Waals surface area contributed by atoms with Crippen LogP contribution in [0, 0.1) is 67.1 Å². The topological polar surface area (TPSA) is 83.8 Å². The molecule has 0 saturated heterocycles. The second-order valence-corrected chi connectivity index (χ2v) is 30.3. The molecule has 5 aromatic heterocycles. The Morgan fingerprint density at radius 3 is 1.00 bits per heavy atom. The van der Waals surface area contributed by atoms with Gasteiger partial charge >= 0.3 is 0 Å². The van der Waals surface area contributed by atoms with E-state index >= 15 is 0 Å². The maximum atomic E-state index is 8.97. The molecule has 12 aromatic rings. The summed E-state index contributed by atoms with van der Waals surface area (Å²) in [6.07, 6.45) is 34.3. The largest absolute Gasteiger partial charge is 0.286 e. The minimum absolute atomic E-state index is 0.00969. The van der Waals surface area contributed by atoms with Crippen molar-refractivity contribution in [1.82, 2.24) is 24.9 Å². The van der Waals surface area contributed by atoms with Crippen LogP contribution in [0.4, 0.5) is 0 Å². The lowest BCUT2D eigenvalue weighted by Gasteiger charge is -2.23. The number of rotatable bonds is 13. The van der Waals surface area contributed by atoms with Gasteiger partial charge in [0, 0.05) is 66.5 Å². The van der Waals surface area contributed by atoms with E-state index in [1.165, 1.54) is 35.1 Å². The quantitative estimate of drug-likeness (QED) is 0.107. The van der Waals surface area contributed by atoms with Crippen molar-refractivity contribution in [2.45, 2.75) is 195 Å². The third-order valence-corrected chi connectivity index (χ3v) is 22.2. The van der Waals surface area contributed by atoms with Gasteiger partial charge in [0.25, 0.3) is 31.6 Å². The molecule has 7 aromatic carbocycles. The summed E-state index contributed by atoms with van der Waals surface area (Å²) in [4.78, 5) is 21.5. The Kier molecular flexibility index (Phi) is 22.2. The summed E-state index contributed by atoms with van der Waals surface area (Å²) in [5.41, 5.74) is 22.8. The van der Waals surface area contributed by atoms with Gasteiger partial charge in [-0.25, -0.2) is 22.8 Å². The van der Waals surface area contributed by atoms with Crippen molar-refractivity contribution < 1.29 is 39.3 Å². The SMILES string of the molecule is [2H]C([2H])([2H])c1cc(-c2ccc(C)cc2)cc(C([2H])([2H])[2H])c1-c1cnc[n+](C)c1-c1ccccc1C.[2H]C([2H])(c1cnc[n+](C)c1-c1ccccc1C)C1CCCC1.[2H]C([2H])(c1cnc[n+](C)c1-c1ccccc1C)C1CCCCC1.[2H]C1(c2cnc[n+](C)c2-c2ccccc2C)CCCC1.[2H]C1(c2cnc[n+](C)c2-c2ccccc2C)CCCCC1. The van der Waals surface area contributed by atoms with Crippen LogP contribution in [0.25, 0.3) is 78.5 Å². The van der Waals surface area contributed by atoms with E-state index in [4.69, 9.17) is 16.4 Å². The maximum absolute atomic E-state index is 8.97. The third-order valence-electron chi connectivity index (χ3n) is 22.2. The molecular formula is C99H119N10+5. The van der Waals surface area contributed by atoms with Gasteiger partial charge in [0.05, 0.1) is 40.8 Å². The van der Waals surface area contributed by atoms with E-state index < -0.39 is 38.2 Å².